The molecular formula is C17H30N4O2. The molecule has 2 atom stereocenters. The van der Waals surface area contributed by atoms with Gasteiger partial charge in [0.15, 0.2) is 0 Å². The maximum absolute atomic E-state index is 12.1. The SMILES string of the molecule is Cc1nn(C(C)(C)C)cc1C(C)NC(=O)NCC1(C)CCCO1. The normalized spacial score (nSPS) is 22.9. The van der Waals surface area contributed by atoms with Gasteiger partial charge < -0.3 is 15.4 Å². The average molecular weight is 322 g/mol. The minimum atomic E-state index is -0.229. The van der Waals surface area contributed by atoms with Crippen molar-refractivity contribution in [3.63, 3.8) is 0 Å². The molecule has 2 N–H and O–H groups in total. The Hall–Kier alpha value is -1.56. The van der Waals surface area contributed by atoms with Crippen LogP contribution in [0.4, 0.5) is 4.79 Å². The molecule has 1 aliphatic rings. The van der Waals surface area contributed by atoms with Crippen LogP contribution in [0.2, 0.25) is 0 Å². The molecule has 0 aliphatic carbocycles. The average Bonchev–Trinajstić information content (AvgIpc) is 3.03. The van der Waals surface area contributed by atoms with Crippen molar-refractivity contribution in [3.05, 3.63) is 17.5 Å². The quantitative estimate of drug-likeness (QED) is 0.895. The van der Waals surface area contributed by atoms with Crippen LogP contribution in [-0.2, 0) is 10.3 Å². The minimum absolute atomic E-state index is 0.0700. The highest BCUT2D eigenvalue weighted by molar-refractivity contribution is 5.74. The largest absolute Gasteiger partial charge is 0.373 e. The number of carbonyl (C=O) groups excluding carboxylic acids is 1. The molecule has 2 rings (SSSR count). The first kappa shape index (κ1) is 17.8. The summed E-state index contributed by atoms with van der Waals surface area (Å²) < 4.78 is 7.63. The van der Waals surface area contributed by atoms with Gasteiger partial charge in [-0.3, -0.25) is 4.68 Å². The third-order valence-electron chi connectivity index (χ3n) is 4.36. The molecule has 23 heavy (non-hydrogen) atoms. The number of nitrogens with one attached hydrogen (secondary N) is 2. The van der Waals surface area contributed by atoms with Crippen molar-refractivity contribution in [1.29, 1.82) is 0 Å². The van der Waals surface area contributed by atoms with Gasteiger partial charge in [-0.05, 0) is 54.4 Å². The number of aromatic nitrogens is 2. The van der Waals surface area contributed by atoms with E-state index in [0.29, 0.717) is 6.54 Å². The molecular weight excluding hydrogens is 292 g/mol. The lowest BCUT2D eigenvalue weighted by molar-refractivity contribution is 0.0228. The molecule has 6 nitrogen and oxygen atoms in total. The summed E-state index contributed by atoms with van der Waals surface area (Å²) in [4.78, 5) is 12.1. The fraction of sp³-hybridized carbons (Fsp3) is 0.765. The Morgan fingerprint density at radius 3 is 2.74 bits per heavy atom. The van der Waals surface area contributed by atoms with E-state index >= 15 is 0 Å². The van der Waals surface area contributed by atoms with Crippen LogP contribution in [0.3, 0.4) is 0 Å². The molecule has 0 saturated carbocycles. The summed E-state index contributed by atoms with van der Waals surface area (Å²) in [5.41, 5.74) is 1.68. The van der Waals surface area contributed by atoms with Crippen molar-refractivity contribution in [3.8, 4) is 0 Å². The van der Waals surface area contributed by atoms with Crippen LogP contribution in [0.5, 0.6) is 0 Å². The van der Waals surface area contributed by atoms with Crippen LogP contribution in [0, 0.1) is 6.92 Å². The molecule has 1 aromatic heterocycles. The summed E-state index contributed by atoms with van der Waals surface area (Å²) >= 11 is 0. The number of carbonyl (C=O) groups is 1. The predicted octanol–water partition coefficient (Wildman–Crippen LogP) is 2.88. The zero-order chi connectivity index (χ0) is 17.3. The standard InChI is InChI=1S/C17H30N4O2/c1-12(14-10-21(16(3,4)5)20-13(14)2)19-15(22)18-11-17(6)8-7-9-23-17/h10,12H,7-9,11H2,1-6H3,(H2,18,19,22). The Labute approximate surface area is 139 Å². The first-order valence-electron chi connectivity index (χ1n) is 8.36. The molecule has 1 aromatic rings. The molecule has 2 amide bonds. The number of rotatable bonds is 4. The highest BCUT2D eigenvalue weighted by Crippen LogP contribution is 2.24. The number of aryl methyl sites for hydroxylation is 1. The van der Waals surface area contributed by atoms with Gasteiger partial charge in [0, 0.05) is 24.9 Å². The molecule has 1 saturated heterocycles. The smallest absolute Gasteiger partial charge is 0.315 e. The number of hydrogen-bond acceptors (Lipinski definition) is 3. The molecule has 1 aliphatic heterocycles. The summed E-state index contributed by atoms with van der Waals surface area (Å²) in [5.74, 6) is 0. The maximum atomic E-state index is 12.1. The second-order valence-electron chi connectivity index (χ2n) is 7.74. The topological polar surface area (TPSA) is 68.2 Å². The van der Waals surface area contributed by atoms with Gasteiger partial charge in [0.25, 0.3) is 0 Å². The van der Waals surface area contributed by atoms with Crippen molar-refractivity contribution in [1.82, 2.24) is 20.4 Å². The van der Waals surface area contributed by atoms with Crippen molar-refractivity contribution in [2.24, 2.45) is 0 Å². The van der Waals surface area contributed by atoms with E-state index < -0.39 is 0 Å². The molecule has 130 valence electrons. The third-order valence-corrected chi connectivity index (χ3v) is 4.36. The van der Waals surface area contributed by atoms with Gasteiger partial charge in [0.05, 0.1) is 22.9 Å². The van der Waals surface area contributed by atoms with Crippen molar-refractivity contribution >= 4 is 6.03 Å². The fourth-order valence-corrected chi connectivity index (χ4v) is 2.81. The van der Waals surface area contributed by atoms with Crippen molar-refractivity contribution in [2.75, 3.05) is 13.2 Å². The monoisotopic (exact) mass is 322 g/mol. The molecule has 0 radical (unpaired) electrons. The molecule has 1 fully saturated rings. The zero-order valence-electron chi connectivity index (χ0n) is 15.2. The van der Waals surface area contributed by atoms with Crippen LogP contribution < -0.4 is 10.6 Å². The third kappa shape index (κ3) is 4.47. The Bertz CT molecular complexity index is 553. The predicted molar refractivity (Wildman–Crippen MR) is 90.5 cm³/mol. The second kappa shape index (κ2) is 6.51. The maximum Gasteiger partial charge on any atom is 0.315 e. The lowest BCUT2D eigenvalue weighted by Crippen LogP contribution is -2.45. The Kier molecular flexibility index (Phi) is 5.04. The summed E-state index contributed by atoms with van der Waals surface area (Å²) in [7, 11) is 0. The summed E-state index contributed by atoms with van der Waals surface area (Å²) in [6.45, 7) is 13.6. The Morgan fingerprint density at radius 2 is 2.22 bits per heavy atom. The van der Waals surface area contributed by atoms with E-state index in [1.165, 1.54) is 0 Å². The highest BCUT2D eigenvalue weighted by atomic mass is 16.5. The molecule has 0 bridgehead atoms. The van der Waals surface area contributed by atoms with Gasteiger partial charge >= 0.3 is 6.03 Å². The lowest BCUT2D eigenvalue weighted by Gasteiger charge is -2.24. The van der Waals surface area contributed by atoms with Crippen molar-refractivity contribution in [2.45, 2.75) is 71.6 Å². The highest BCUT2D eigenvalue weighted by Gasteiger charge is 2.30. The number of nitrogens with zero attached hydrogens (tertiary/aromatic N) is 2. The summed E-state index contributed by atoms with van der Waals surface area (Å²) in [5, 5.41) is 10.5. The molecule has 0 aromatic carbocycles. The van der Waals surface area contributed by atoms with Crippen LogP contribution in [-0.4, -0.2) is 34.6 Å². The van der Waals surface area contributed by atoms with Crippen LogP contribution in [0.15, 0.2) is 6.20 Å². The number of hydrogen-bond donors (Lipinski definition) is 2. The number of urea groups is 1. The van der Waals surface area contributed by atoms with E-state index in [9.17, 15) is 4.79 Å². The van der Waals surface area contributed by atoms with E-state index in [2.05, 4.69) is 36.5 Å². The zero-order valence-corrected chi connectivity index (χ0v) is 15.2. The van der Waals surface area contributed by atoms with Crippen LogP contribution >= 0.6 is 0 Å². The van der Waals surface area contributed by atoms with E-state index in [4.69, 9.17) is 4.74 Å². The minimum Gasteiger partial charge on any atom is -0.373 e. The van der Waals surface area contributed by atoms with E-state index in [-0.39, 0.29) is 23.2 Å². The van der Waals surface area contributed by atoms with Gasteiger partial charge in [0.1, 0.15) is 0 Å². The summed E-state index contributed by atoms with van der Waals surface area (Å²) in [6, 6.07) is -0.263. The first-order valence-corrected chi connectivity index (χ1v) is 8.36. The Balaban J connectivity index is 1.92. The molecule has 6 heteroatoms. The molecule has 0 spiro atoms. The van der Waals surface area contributed by atoms with Crippen molar-refractivity contribution < 1.29 is 9.53 Å². The number of amides is 2. The van der Waals surface area contributed by atoms with Gasteiger partial charge in [-0.1, -0.05) is 0 Å². The second-order valence-corrected chi connectivity index (χ2v) is 7.74. The van der Waals surface area contributed by atoms with E-state index in [1.807, 2.05) is 31.6 Å². The van der Waals surface area contributed by atoms with Gasteiger partial charge in [-0.25, -0.2) is 4.79 Å². The molecule has 2 heterocycles. The molecule has 2 unspecified atom stereocenters. The van der Waals surface area contributed by atoms with E-state index in [1.54, 1.807) is 0 Å². The van der Waals surface area contributed by atoms with Gasteiger partial charge in [-0.2, -0.15) is 5.10 Å². The lowest BCUT2D eigenvalue weighted by atomic mass is 10.0. The Morgan fingerprint density at radius 1 is 1.52 bits per heavy atom. The van der Waals surface area contributed by atoms with Crippen LogP contribution in [0.25, 0.3) is 0 Å². The summed E-state index contributed by atoms with van der Waals surface area (Å²) in [6.07, 6.45) is 4.06. The first-order chi connectivity index (χ1) is 10.6. The van der Waals surface area contributed by atoms with Gasteiger partial charge in [0.2, 0.25) is 0 Å². The van der Waals surface area contributed by atoms with E-state index in [0.717, 1.165) is 30.7 Å². The number of ether oxygens (including phenoxy) is 1. The van der Waals surface area contributed by atoms with Gasteiger partial charge in [-0.15, -0.1) is 0 Å². The van der Waals surface area contributed by atoms with Crippen LogP contribution in [0.1, 0.15) is 64.8 Å². The fourth-order valence-electron chi connectivity index (χ4n) is 2.81.